The van der Waals surface area contributed by atoms with Gasteiger partial charge in [-0.2, -0.15) is 5.10 Å². The van der Waals surface area contributed by atoms with Gasteiger partial charge in [0, 0.05) is 45.0 Å². The predicted octanol–water partition coefficient (Wildman–Crippen LogP) is 3.12. The van der Waals surface area contributed by atoms with Crippen molar-refractivity contribution in [3.63, 3.8) is 0 Å². The van der Waals surface area contributed by atoms with Crippen LogP contribution in [0.15, 0.2) is 54.0 Å². The van der Waals surface area contributed by atoms with Crippen LogP contribution in [0.1, 0.15) is 25.3 Å². The summed E-state index contributed by atoms with van der Waals surface area (Å²) in [5.74, 6) is 0.117. The Morgan fingerprint density at radius 1 is 1.17 bits per heavy atom. The van der Waals surface area contributed by atoms with Gasteiger partial charge in [0.1, 0.15) is 5.54 Å². The van der Waals surface area contributed by atoms with E-state index in [4.69, 9.17) is 11.6 Å². The highest BCUT2D eigenvalue weighted by Gasteiger charge is 2.43. The molecule has 0 atom stereocenters. The van der Waals surface area contributed by atoms with Crippen LogP contribution < -0.4 is 10.6 Å². The van der Waals surface area contributed by atoms with Crippen molar-refractivity contribution in [1.29, 1.82) is 0 Å². The van der Waals surface area contributed by atoms with Crippen molar-refractivity contribution in [3.8, 4) is 11.1 Å². The first-order valence-corrected chi connectivity index (χ1v) is 10.7. The third kappa shape index (κ3) is 3.89. The SMILES string of the molecule is C=C(Cl)/C(=C(\C)c1ccc(-c2cnn(C)c2)cc1)N1CCC2(CC1)NCCNC2=O. The number of piperidine rings is 1. The lowest BCUT2D eigenvalue weighted by atomic mass is 9.84. The monoisotopic (exact) mass is 425 g/mol. The Bertz CT molecular complexity index is 983. The number of carbonyl (C=O) groups excluding carboxylic acids is 1. The number of rotatable bonds is 4. The second-order valence-corrected chi connectivity index (χ2v) is 8.57. The van der Waals surface area contributed by atoms with Gasteiger partial charge in [0.15, 0.2) is 0 Å². The van der Waals surface area contributed by atoms with Crippen molar-refractivity contribution in [1.82, 2.24) is 25.3 Å². The van der Waals surface area contributed by atoms with Crippen LogP contribution in [0, 0.1) is 0 Å². The maximum absolute atomic E-state index is 12.4. The Labute approximate surface area is 182 Å². The second kappa shape index (κ2) is 8.28. The zero-order valence-corrected chi connectivity index (χ0v) is 18.3. The van der Waals surface area contributed by atoms with Gasteiger partial charge in [-0.15, -0.1) is 0 Å². The summed E-state index contributed by atoms with van der Waals surface area (Å²) in [6, 6.07) is 8.43. The number of amides is 1. The number of benzene rings is 1. The van der Waals surface area contributed by atoms with Gasteiger partial charge in [0.2, 0.25) is 5.91 Å². The van der Waals surface area contributed by atoms with Crippen molar-refractivity contribution in [2.24, 2.45) is 7.05 Å². The molecule has 3 heterocycles. The third-order valence-corrected chi connectivity index (χ3v) is 6.39. The Kier molecular flexibility index (Phi) is 5.71. The van der Waals surface area contributed by atoms with Gasteiger partial charge in [0.25, 0.3) is 0 Å². The molecule has 6 nitrogen and oxygen atoms in total. The Balaban J connectivity index is 1.56. The van der Waals surface area contributed by atoms with Crippen molar-refractivity contribution < 1.29 is 4.79 Å². The average Bonchev–Trinajstić information content (AvgIpc) is 3.18. The highest BCUT2D eigenvalue weighted by atomic mass is 35.5. The quantitative estimate of drug-likeness (QED) is 0.739. The van der Waals surface area contributed by atoms with Crippen LogP contribution in [-0.2, 0) is 11.8 Å². The molecule has 2 aromatic rings. The van der Waals surface area contributed by atoms with Crippen molar-refractivity contribution in [2.75, 3.05) is 26.2 Å². The van der Waals surface area contributed by atoms with Gasteiger partial charge in [-0.1, -0.05) is 42.4 Å². The zero-order chi connectivity index (χ0) is 21.3. The number of aromatic nitrogens is 2. The highest BCUT2D eigenvalue weighted by molar-refractivity contribution is 6.32. The first-order valence-electron chi connectivity index (χ1n) is 10.3. The van der Waals surface area contributed by atoms with Gasteiger partial charge in [-0.05, 0) is 36.5 Å². The summed E-state index contributed by atoms with van der Waals surface area (Å²) in [4.78, 5) is 14.7. The van der Waals surface area contributed by atoms with Crippen LogP contribution in [0.5, 0.6) is 0 Å². The number of allylic oxidation sites excluding steroid dienone is 2. The second-order valence-electron chi connectivity index (χ2n) is 8.11. The summed E-state index contributed by atoms with van der Waals surface area (Å²) < 4.78 is 1.80. The molecular weight excluding hydrogens is 398 g/mol. The molecule has 1 aromatic carbocycles. The molecule has 1 aromatic heterocycles. The molecule has 2 N–H and O–H groups in total. The van der Waals surface area contributed by atoms with E-state index in [1.54, 1.807) is 4.68 Å². The minimum atomic E-state index is -0.452. The lowest BCUT2D eigenvalue weighted by Crippen LogP contribution is -2.66. The number of halogens is 1. The largest absolute Gasteiger partial charge is 0.370 e. The standard InChI is InChI=1S/C23H28ClN5O/c1-16(18-4-6-19(7-5-18)20-14-27-28(3)15-20)21(17(2)24)29-12-8-23(9-13-29)22(30)25-10-11-26-23/h4-7,14-15,26H,2,8-13H2,1,3H3,(H,25,30)/b21-16-. The summed E-state index contributed by atoms with van der Waals surface area (Å²) in [5.41, 5.74) is 4.91. The van der Waals surface area contributed by atoms with E-state index in [2.05, 4.69) is 58.4 Å². The normalized spacial score (nSPS) is 19.4. The minimum absolute atomic E-state index is 0.117. The van der Waals surface area contributed by atoms with Crippen LogP contribution in [0.3, 0.4) is 0 Å². The molecule has 0 bridgehead atoms. The Morgan fingerprint density at radius 3 is 2.43 bits per heavy atom. The zero-order valence-electron chi connectivity index (χ0n) is 17.5. The molecule has 2 saturated heterocycles. The molecule has 2 fully saturated rings. The molecule has 1 amide bonds. The molecule has 30 heavy (non-hydrogen) atoms. The van der Waals surface area contributed by atoms with Gasteiger partial charge in [-0.3, -0.25) is 9.48 Å². The maximum Gasteiger partial charge on any atom is 0.240 e. The molecule has 4 rings (SSSR count). The van der Waals surface area contributed by atoms with E-state index in [-0.39, 0.29) is 5.91 Å². The maximum atomic E-state index is 12.4. The smallest absolute Gasteiger partial charge is 0.240 e. The number of likely N-dealkylation sites (tertiary alicyclic amines) is 1. The van der Waals surface area contributed by atoms with Crippen LogP contribution >= 0.6 is 11.6 Å². The summed E-state index contributed by atoms with van der Waals surface area (Å²) in [6.45, 7) is 9.13. The van der Waals surface area contributed by atoms with Crippen LogP contribution in [0.4, 0.5) is 0 Å². The summed E-state index contributed by atoms with van der Waals surface area (Å²) in [5, 5.41) is 11.2. The first-order chi connectivity index (χ1) is 14.4. The predicted molar refractivity (Wildman–Crippen MR) is 121 cm³/mol. The van der Waals surface area contributed by atoms with E-state index in [0.29, 0.717) is 11.6 Å². The van der Waals surface area contributed by atoms with Crippen molar-refractivity contribution in [2.45, 2.75) is 25.3 Å². The molecule has 158 valence electrons. The molecule has 0 aliphatic carbocycles. The van der Waals surface area contributed by atoms with E-state index in [1.807, 2.05) is 19.4 Å². The number of hydrogen-bond acceptors (Lipinski definition) is 4. The number of nitrogens with zero attached hydrogens (tertiary/aromatic N) is 3. The molecule has 0 radical (unpaired) electrons. The van der Waals surface area contributed by atoms with E-state index < -0.39 is 5.54 Å². The molecular formula is C23H28ClN5O. The topological polar surface area (TPSA) is 62.2 Å². The van der Waals surface area contributed by atoms with E-state index in [0.717, 1.165) is 60.4 Å². The molecule has 7 heteroatoms. The molecule has 2 aliphatic rings. The summed E-state index contributed by atoms with van der Waals surface area (Å²) >= 11 is 6.46. The minimum Gasteiger partial charge on any atom is -0.370 e. The van der Waals surface area contributed by atoms with Crippen LogP contribution in [0.2, 0.25) is 0 Å². The van der Waals surface area contributed by atoms with Gasteiger partial charge in [0.05, 0.1) is 16.9 Å². The van der Waals surface area contributed by atoms with E-state index in [9.17, 15) is 4.79 Å². The molecule has 0 unspecified atom stereocenters. The average molecular weight is 426 g/mol. The van der Waals surface area contributed by atoms with Crippen LogP contribution in [0.25, 0.3) is 16.7 Å². The first kappa shape index (κ1) is 20.7. The summed E-state index contributed by atoms with van der Waals surface area (Å²) in [7, 11) is 1.92. The number of nitrogens with one attached hydrogen (secondary N) is 2. The van der Waals surface area contributed by atoms with Gasteiger partial charge < -0.3 is 15.5 Å². The fourth-order valence-electron chi connectivity index (χ4n) is 4.48. The highest BCUT2D eigenvalue weighted by Crippen LogP contribution is 2.33. The molecule has 1 spiro atoms. The van der Waals surface area contributed by atoms with Crippen molar-refractivity contribution >= 4 is 23.1 Å². The lowest BCUT2D eigenvalue weighted by molar-refractivity contribution is -0.131. The number of hydrogen-bond donors (Lipinski definition) is 2. The fourth-order valence-corrected chi connectivity index (χ4v) is 4.74. The summed E-state index contributed by atoms with van der Waals surface area (Å²) in [6.07, 6.45) is 5.37. The van der Waals surface area contributed by atoms with Crippen LogP contribution in [-0.4, -0.2) is 52.3 Å². The lowest BCUT2D eigenvalue weighted by Gasteiger charge is -2.45. The number of piperazine rings is 1. The molecule has 0 saturated carbocycles. The van der Waals surface area contributed by atoms with Crippen molar-refractivity contribution in [3.05, 3.63) is 59.5 Å². The van der Waals surface area contributed by atoms with Gasteiger partial charge >= 0.3 is 0 Å². The van der Waals surface area contributed by atoms with E-state index in [1.165, 1.54) is 0 Å². The molecule has 2 aliphatic heterocycles. The van der Waals surface area contributed by atoms with E-state index >= 15 is 0 Å². The number of carbonyl (C=O) groups is 1. The fraction of sp³-hybridized carbons (Fsp3) is 0.391. The van der Waals surface area contributed by atoms with Gasteiger partial charge in [-0.25, -0.2) is 0 Å². The Hall–Kier alpha value is -2.57. The Morgan fingerprint density at radius 2 is 1.87 bits per heavy atom. The number of aryl methyl sites for hydroxylation is 1. The third-order valence-electron chi connectivity index (χ3n) is 6.21.